The van der Waals surface area contributed by atoms with Gasteiger partial charge in [0.05, 0.1) is 0 Å². The number of fused-ring (bicyclic) bond motifs is 1. The van der Waals surface area contributed by atoms with Crippen molar-refractivity contribution in [1.82, 2.24) is 14.5 Å². The Morgan fingerprint density at radius 1 is 1.48 bits per heavy atom. The smallest absolute Gasteiger partial charge is 0.129 e. The van der Waals surface area contributed by atoms with E-state index >= 15 is 0 Å². The zero-order chi connectivity index (χ0) is 14.8. The summed E-state index contributed by atoms with van der Waals surface area (Å²) in [7, 11) is 2.02. The highest BCUT2D eigenvalue weighted by Crippen LogP contribution is 2.23. The third-order valence-corrected chi connectivity index (χ3v) is 4.45. The van der Waals surface area contributed by atoms with Gasteiger partial charge in [-0.3, -0.25) is 0 Å². The molecule has 3 nitrogen and oxygen atoms in total. The van der Waals surface area contributed by atoms with Gasteiger partial charge in [-0.15, -0.1) is 0 Å². The molecule has 0 N–H and O–H groups in total. The maximum absolute atomic E-state index is 13.8. The molecule has 0 bridgehead atoms. The Morgan fingerprint density at radius 2 is 2.33 bits per heavy atom. The molecule has 0 aliphatic carbocycles. The second-order valence-electron chi connectivity index (χ2n) is 5.80. The first-order chi connectivity index (χ1) is 10.1. The first kappa shape index (κ1) is 14.5. The Balaban J connectivity index is 1.61. The van der Waals surface area contributed by atoms with E-state index in [2.05, 4.69) is 14.5 Å². The summed E-state index contributed by atoms with van der Waals surface area (Å²) in [6.45, 7) is 2.46. The van der Waals surface area contributed by atoms with Gasteiger partial charge in [-0.1, -0.05) is 17.7 Å². The van der Waals surface area contributed by atoms with Crippen molar-refractivity contribution in [2.45, 2.75) is 25.9 Å². The van der Waals surface area contributed by atoms with Crippen LogP contribution in [-0.2, 0) is 19.5 Å². The van der Waals surface area contributed by atoms with Crippen molar-refractivity contribution in [2.75, 3.05) is 13.6 Å². The van der Waals surface area contributed by atoms with Gasteiger partial charge in [0.15, 0.2) is 0 Å². The van der Waals surface area contributed by atoms with E-state index < -0.39 is 0 Å². The molecule has 0 fully saturated rings. The second-order valence-corrected chi connectivity index (χ2v) is 6.20. The first-order valence-electron chi connectivity index (χ1n) is 7.25. The monoisotopic (exact) mass is 307 g/mol. The molecule has 5 heteroatoms. The van der Waals surface area contributed by atoms with Crippen LogP contribution in [0.1, 0.15) is 17.8 Å². The molecule has 2 aromatic rings. The van der Waals surface area contributed by atoms with Gasteiger partial charge in [-0.25, -0.2) is 9.37 Å². The number of hydrogen-bond acceptors (Lipinski definition) is 2. The molecule has 21 heavy (non-hydrogen) atoms. The van der Waals surface area contributed by atoms with E-state index in [0.717, 1.165) is 25.9 Å². The van der Waals surface area contributed by atoms with Crippen molar-refractivity contribution in [2.24, 2.45) is 5.92 Å². The van der Waals surface area contributed by atoms with E-state index in [1.54, 1.807) is 12.1 Å². The SMILES string of the molecule is CN(Cc1c(F)cccc1Cl)C[C@@H]1CCc2nccn2C1. The summed E-state index contributed by atoms with van der Waals surface area (Å²) in [4.78, 5) is 6.49. The van der Waals surface area contributed by atoms with Crippen LogP contribution in [0, 0.1) is 11.7 Å². The fourth-order valence-corrected chi connectivity index (χ4v) is 3.27. The summed E-state index contributed by atoms with van der Waals surface area (Å²) in [5.74, 6) is 1.52. The van der Waals surface area contributed by atoms with Crippen LogP contribution in [0.2, 0.25) is 5.02 Å². The number of imidazole rings is 1. The highest BCUT2D eigenvalue weighted by atomic mass is 35.5. The van der Waals surface area contributed by atoms with Gasteiger partial charge in [0, 0.05) is 49.0 Å². The minimum atomic E-state index is -0.227. The van der Waals surface area contributed by atoms with Crippen LogP contribution in [0.25, 0.3) is 0 Å². The average Bonchev–Trinajstić information content (AvgIpc) is 2.90. The maximum Gasteiger partial charge on any atom is 0.129 e. The predicted molar refractivity (Wildman–Crippen MR) is 81.8 cm³/mol. The first-order valence-corrected chi connectivity index (χ1v) is 7.62. The fraction of sp³-hybridized carbons (Fsp3) is 0.438. The summed E-state index contributed by atoms with van der Waals surface area (Å²) in [5.41, 5.74) is 0.584. The number of aryl methyl sites for hydroxylation is 1. The molecule has 0 saturated carbocycles. The van der Waals surface area contributed by atoms with Crippen molar-refractivity contribution < 1.29 is 4.39 Å². The topological polar surface area (TPSA) is 21.1 Å². The third-order valence-electron chi connectivity index (χ3n) is 4.09. The zero-order valence-corrected chi connectivity index (χ0v) is 12.9. The van der Waals surface area contributed by atoms with Crippen molar-refractivity contribution in [3.63, 3.8) is 0 Å². The van der Waals surface area contributed by atoms with Gasteiger partial charge < -0.3 is 9.47 Å². The molecule has 1 aliphatic rings. The highest BCUT2D eigenvalue weighted by Gasteiger charge is 2.20. The summed E-state index contributed by atoms with van der Waals surface area (Å²) in [5, 5.41) is 0.502. The molecule has 1 atom stereocenters. The number of nitrogens with zero attached hydrogens (tertiary/aromatic N) is 3. The fourth-order valence-electron chi connectivity index (χ4n) is 3.04. The number of rotatable bonds is 4. The van der Waals surface area contributed by atoms with Crippen molar-refractivity contribution >= 4 is 11.6 Å². The molecule has 1 aliphatic heterocycles. The van der Waals surface area contributed by atoms with Gasteiger partial charge >= 0.3 is 0 Å². The van der Waals surface area contributed by atoms with E-state index in [1.807, 2.05) is 19.4 Å². The number of benzene rings is 1. The van der Waals surface area contributed by atoms with E-state index in [0.29, 0.717) is 23.0 Å². The molecule has 0 unspecified atom stereocenters. The zero-order valence-electron chi connectivity index (χ0n) is 12.1. The Morgan fingerprint density at radius 3 is 3.14 bits per heavy atom. The lowest BCUT2D eigenvalue weighted by Crippen LogP contribution is -2.31. The molecule has 0 saturated heterocycles. The standard InChI is InChI=1S/C16H19ClFN3/c1-20(11-13-14(17)3-2-4-15(13)18)9-12-5-6-16-19-7-8-21(16)10-12/h2-4,7-8,12H,5-6,9-11H2,1H3/t12-/m0/s1. The molecule has 112 valence electrons. The van der Waals surface area contributed by atoms with Crippen molar-refractivity contribution in [3.8, 4) is 0 Å². The molecule has 2 heterocycles. The summed E-state index contributed by atoms with van der Waals surface area (Å²) in [6, 6.07) is 4.85. The van der Waals surface area contributed by atoms with Gasteiger partial charge in [0.25, 0.3) is 0 Å². The van der Waals surface area contributed by atoms with Gasteiger partial charge in [0.1, 0.15) is 11.6 Å². The Kier molecular flexibility index (Phi) is 4.27. The van der Waals surface area contributed by atoms with E-state index in [9.17, 15) is 4.39 Å². The van der Waals surface area contributed by atoms with Crippen LogP contribution in [0.4, 0.5) is 4.39 Å². The van der Waals surface area contributed by atoms with E-state index in [-0.39, 0.29) is 5.82 Å². The number of aromatic nitrogens is 2. The summed E-state index contributed by atoms with van der Waals surface area (Å²) in [6.07, 6.45) is 6.05. The van der Waals surface area contributed by atoms with Crippen molar-refractivity contribution in [1.29, 1.82) is 0 Å². The minimum absolute atomic E-state index is 0.227. The lowest BCUT2D eigenvalue weighted by molar-refractivity contribution is 0.227. The molecular weight excluding hydrogens is 289 g/mol. The van der Waals surface area contributed by atoms with Crippen LogP contribution in [0.5, 0.6) is 0 Å². The normalized spacial score (nSPS) is 18.0. The van der Waals surface area contributed by atoms with Crippen LogP contribution in [0.15, 0.2) is 30.6 Å². The molecule has 0 spiro atoms. The van der Waals surface area contributed by atoms with E-state index in [1.165, 1.54) is 11.9 Å². The summed E-state index contributed by atoms with van der Waals surface area (Å²) < 4.78 is 16.0. The van der Waals surface area contributed by atoms with Crippen LogP contribution < -0.4 is 0 Å². The lowest BCUT2D eigenvalue weighted by Gasteiger charge is -2.28. The predicted octanol–water partition coefficient (Wildman–Crippen LogP) is 3.37. The summed E-state index contributed by atoms with van der Waals surface area (Å²) >= 11 is 6.09. The van der Waals surface area contributed by atoms with Gasteiger partial charge in [-0.05, 0) is 31.5 Å². The highest BCUT2D eigenvalue weighted by molar-refractivity contribution is 6.31. The molecular formula is C16H19ClFN3. The molecule has 0 amide bonds. The molecule has 1 aromatic heterocycles. The Bertz CT molecular complexity index is 605. The van der Waals surface area contributed by atoms with Crippen LogP contribution >= 0.6 is 11.6 Å². The van der Waals surface area contributed by atoms with Gasteiger partial charge in [0.2, 0.25) is 0 Å². The number of halogens is 2. The molecule has 1 aromatic carbocycles. The second kappa shape index (κ2) is 6.16. The minimum Gasteiger partial charge on any atom is -0.335 e. The average molecular weight is 308 g/mol. The van der Waals surface area contributed by atoms with Crippen LogP contribution in [0.3, 0.4) is 0 Å². The van der Waals surface area contributed by atoms with Crippen molar-refractivity contribution in [3.05, 3.63) is 52.8 Å². The third kappa shape index (κ3) is 3.27. The van der Waals surface area contributed by atoms with Crippen LogP contribution in [-0.4, -0.2) is 28.0 Å². The Labute approximate surface area is 129 Å². The lowest BCUT2D eigenvalue weighted by atomic mass is 9.98. The number of hydrogen-bond donors (Lipinski definition) is 0. The molecule has 3 rings (SSSR count). The Hall–Kier alpha value is -1.39. The maximum atomic E-state index is 13.8. The van der Waals surface area contributed by atoms with Gasteiger partial charge in [-0.2, -0.15) is 0 Å². The van der Waals surface area contributed by atoms with E-state index in [4.69, 9.17) is 11.6 Å². The quantitative estimate of drug-likeness (QED) is 0.863. The largest absolute Gasteiger partial charge is 0.335 e. The molecule has 0 radical (unpaired) electrons.